The number of ether oxygens (including phenoxy) is 2. The second kappa shape index (κ2) is 6.31. The maximum Gasteiger partial charge on any atom is 0.167 e. The number of Topliss-reactive ketones (excluding diaryl/α,β-unsaturated/α-hetero) is 1. The number of hydrogen-bond donors (Lipinski definition) is 0. The van der Waals surface area contributed by atoms with Gasteiger partial charge in [0.2, 0.25) is 0 Å². The van der Waals surface area contributed by atoms with Crippen molar-refractivity contribution in [2.75, 3.05) is 14.2 Å². The Morgan fingerprint density at radius 1 is 1.04 bits per heavy atom. The molecular weight excluding hydrogens is 300 g/mol. The summed E-state index contributed by atoms with van der Waals surface area (Å²) in [5, 5.41) is 0. The molecule has 126 valence electrons. The minimum absolute atomic E-state index is 0.143. The molecule has 3 rings (SSSR count). The van der Waals surface area contributed by atoms with Crippen molar-refractivity contribution in [3.8, 4) is 11.5 Å². The van der Waals surface area contributed by atoms with Crippen LogP contribution in [0.4, 0.5) is 0 Å². The third kappa shape index (κ3) is 2.91. The molecule has 1 aliphatic rings. The number of fused-ring (bicyclic) bond motifs is 1. The summed E-state index contributed by atoms with van der Waals surface area (Å²) in [6.45, 7) is 4.39. The Balaban J connectivity index is 2.13. The second-order valence-corrected chi connectivity index (χ2v) is 7.08. The van der Waals surface area contributed by atoms with Crippen molar-refractivity contribution in [3.63, 3.8) is 0 Å². The van der Waals surface area contributed by atoms with E-state index in [0.29, 0.717) is 17.7 Å². The van der Waals surface area contributed by atoms with Gasteiger partial charge in [-0.25, -0.2) is 0 Å². The second-order valence-electron chi connectivity index (χ2n) is 7.08. The van der Waals surface area contributed by atoms with Crippen LogP contribution in [0.2, 0.25) is 0 Å². The molecule has 3 nitrogen and oxygen atoms in total. The van der Waals surface area contributed by atoms with E-state index in [9.17, 15) is 4.79 Å². The molecule has 0 radical (unpaired) electrons. The number of benzene rings is 2. The third-order valence-corrected chi connectivity index (χ3v) is 5.00. The van der Waals surface area contributed by atoms with Crippen LogP contribution >= 0.6 is 0 Å². The van der Waals surface area contributed by atoms with Crippen LogP contribution in [0.3, 0.4) is 0 Å². The van der Waals surface area contributed by atoms with Crippen LogP contribution in [0.15, 0.2) is 42.5 Å². The van der Waals surface area contributed by atoms with Gasteiger partial charge < -0.3 is 9.47 Å². The Morgan fingerprint density at radius 3 is 2.38 bits per heavy atom. The quantitative estimate of drug-likeness (QED) is 0.765. The number of rotatable bonds is 3. The van der Waals surface area contributed by atoms with Crippen molar-refractivity contribution in [2.24, 2.45) is 0 Å². The van der Waals surface area contributed by atoms with Crippen LogP contribution in [0.5, 0.6) is 11.5 Å². The van der Waals surface area contributed by atoms with Gasteiger partial charge in [0, 0.05) is 12.5 Å². The topological polar surface area (TPSA) is 35.5 Å². The van der Waals surface area contributed by atoms with E-state index in [1.807, 2.05) is 24.3 Å². The van der Waals surface area contributed by atoms with E-state index < -0.39 is 0 Å². The first-order valence-corrected chi connectivity index (χ1v) is 8.31. The average molecular weight is 324 g/mol. The number of ketones is 1. The van der Waals surface area contributed by atoms with Crippen LogP contribution in [0, 0.1) is 0 Å². The van der Waals surface area contributed by atoms with Gasteiger partial charge in [-0.1, -0.05) is 44.2 Å². The summed E-state index contributed by atoms with van der Waals surface area (Å²) >= 11 is 0. The van der Waals surface area contributed by atoms with Crippen LogP contribution in [0.25, 0.3) is 0 Å². The molecular formula is C21H24O3. The van der Waals surface area contributed by atoms with Crippen molar-refractivity contribution in [1.29, 1.82) is 0 Å². The van der Waals surface area contributed by atoms with Crippen LogP contribution in [-0.2, 0) is 5.41 Å². The predicted molar refractivity (Wildman–Crippen MR) is 95.3 cm³/mol. The summed E-state index contributed by atoms with van der Waals surface area (Å²) in [5.74, 6) is 1.68. The first-order valence-electron chi connectivity index (χ1n) is 8.31. The van der Waals surface area contributed by atoms with Gasteiger partial charge in [0.1, 0.15) is 11.5 Å². The lowest BCUT2D eigenvalue weighted by Crippen LogP contribution is -2.20. The Labute approximate surface area is 143 Å². The van der Waals surface area contributed by atoms with E-state index in [0.717, 1.165) is 17.7 Å². The molecule has 3 heteroatoms. The summed E-state index contributed by atoms with van der Waals surface area (Å²) in [5.41, 5.74) is 2.80. The molecule has 2 aromatic carbocycles. The number of hydrogen-bond acceptors (Lipinski definition) is 3. The van der Waals surface area contributed by atoms with Gasteiger partial charge in [-0.15, -0.1) is 0 Å². The molecule has 0 N–H and O–H groups in total. The Bertz CT molecular complexity index is 747. The monoisotopic (exact) mass is 324 g/mol. The van der Waals surface area contributed by atoms with Gasteiger partial charge in [0.15, 0.2) is 5.78 Å². The lowest BCUT2D eigenvalue weighted by Gasteiger charge is -2.29. The summed E-state index contributed by atoms with van der Waals surface area (Å²) < 4.78 is 10.9. The Hall–Kier alpha value is -2.29. The fraction of sp³-hybridized carbons (Fsp3) is 0.381. The van der Waals surface area contributed by atoms with Crippen molar-refractivity contribution < 1.29 is 14.3 Å². The van der Waals surface area contributed by atoms with Crippen LogP contribution in [0.1, 0.15) is 54.1 Å². The maximum atomic E-state index is 13.0. The molecule has 0 aliphatic heterocycles. The highest BCUT2D eigenvalue weighted by molar-refractivity contribution is 6.01. The van der Waals surface area contributed by atoms with E-state index in [2.05, 4.69) is 26.0 Å². The lowest BCUT2D eigenvalue weighted by molar-refractivity contribution is 0.0972. The molecule has 24 heavy (non-hydrogen) atoms. The van der Waals surface area contributed by atoms with Crippen molar-refractivity contribution >= 4 is 5.78 Å². The van der Waals surface area contributed by atoms with E-state index in [4.69, 9.17) is 9.47 Å². The molecule has 0 saturated heterocycles. The summed E-state index contributed by atoms with van der Waals surface area (Å²) in [6.07, 6.45) is 1.41. The average Bonchev–Trinajstić information content (AvgIpc) is 2.69. The zero-order valence-electron chi connectivity index (χ0n) is 14.8. The van der Waals surface area contributed by atoms with Gasteiger partial charge in [-0.3, -0.25) is 4.79 Å². The van der Waals surface area contributed by atoms with E-state index in [1.165, 1.54) is 5.56 Å². The van der Waals surface area contributed by atoms with Crippen LogP contribution in [-0.4, -0.2) is 20.0 Å². The van der Waals surface area contributed by atoms with E-state index >= 15 is 0 Å². The first kappa shape index (κ1) is 16.6. The molecule has 1 atom stereocenters. The van der Waals surface area contributed by atoms with Gasteiger partial charge in [0.05, 0.1) is 19.8 Å². The minimum atomic E-state index is -0.149. The lowest BCUT2D eigenvalue weighted by atomic mass is 9.75. The first-order chi connectivity index (χ1) is 11.5. The van der Waals surface area contributed by atoms with E-state index in [1.54, 1.807) is 20.3 Å². The Morgan fingerprint density at radius 2 is 1.75 bits per heavy atom. The highest BCUT2D eigenvalue weighted by Crippen LogP contribution is 2.46. The van der Waals surface area contributed by atoms with Gasteiger partial charge in [-0.05, 0) is 34.9 Å². The number of carbonyl (C=O) groups is 1. The van der Waals surface area contributed by atoms with Gasteiger partial charge in [0.25, 0.3) is 0 Å². The molecule has 1 unspecified atom stereocenters. The zero-order valence-corrected chi connectivity index (χ0v) is 14.8. The predicted octanol–water partition coefficient (Wildman–Crippen LogP) is 4.74. The van der Waals surface area contributed by atoms with Crippen molar-refractivity contribution in [1.82, 2.24) is 0 Å². The zero-order chi connectivity index (χ0) is 17.3. The SMILES string of the molecule is COc1cc(OC)c2c(c1)C(C)(C)CC(c1ccccc1)CC2=O. The molecule has 0 spiro atoms. The molecule has 1 aliphatic carbocycles. The fourth-order valence-corrected chi connectivity index (χ4v) is 3.78. The standard InChI is InChI=1S/C21H24O3/c1-21(2)13-15(14-8-6-5-7-9-14)10-18(22)20-17(21)11-16(23-3)12-19(20)24-4/h5-9,11-12,15H,10,13H2,1-4H3. The molecule has 0 amide bonds. The minimum Gasteiger partial charge on any atom is -0.497 e. The molecule has 0 saturated carbocycles. The molecule has 0 bridgehead atoms. The number of carbonyl (C=O) groups excluding carboxylic acids is 1. The molecule has 0 aromatic heterocycles. The van der Waals surface area contributed by atoms with Crippen molar-refractivity contribution in [3.05, 3.63) is 59.2 Å². The summed E-state index contributed by atoms with van der Waals surface area (Å²) in [4.78, 5) is 13.0. The molecule has 0 fully saturated rings. The smallest absolute Gasteiger partial charge is 0.167 e. The van der Waals surface area contributed by atoms with Gasteiger partial charge in [-0.2, -0.15) is 0 Å². The van der Waals surface area contributed by atoms with Crippen molar-refractivity contribution in [2.45, 2.75) is 38.0 Å². The normalized spacial score (nSPS) is 19.3. The number of methoxy groups -OCH3 is 2. The largest absolute Gasteiger partial charge is 0.497 e. The third-order valence-electron chi connectivity index (χ3n) is 5.00. The highest BCUT2D eigenvalue weighted by Gasteiger charge is 2.37. The highest BCUT2D eigenvalue weighted by atomic mass is 16.5. The molecule has 2 aromatic rings. The van der Waals surface area contributed by atoms with E-state index in [-0.39, 0.29) is 17.1 Å². The summed E-state index contributed by atoms with van der Waals surface area (Å²) in [7, 11) is 3.24. The van der Waals surface area contributed by atoms with Crippen LogP contribution < -0.4 is 9.47 Å². The Kier molecular flexibility index (Phi) is 4.35. The van der Waals surface area contributed by atoms with Gasteiger partial charge >= 0.3 is 0 Å². The fourth-order valence-electron chi connectivity index (χ4n) is 3.78. The molecule has 0 heterocycles. The maximum absolute atomic E-state index is 13.0. The summed E-state index contributed by atoms with van der Waals surface area (Å²) in [6, 6.07) is 14.1.